The summed E-state index contributed by atoms with van der Waals surface area (Å²) >= 11 is 1.52. The third kappa shape index (κ3) is 7.88. The number of allylic oxidation sites excluding steroid dienone is 1. The van der Waals surface area contributed by atoms with Crippen LogP contribution in [0.15, 0.2) is 35.7 Å². The number of hydrogen-bond donors (Lipinski definition) is 3. The molecule has 5 atom stereocenters. The van der Waals surface area contributed by atoms with Gasteiger partial charge in [-0.3, -0.25) is 23.9 Å². The number of carbonyl (C=O) groups excluding carboxylic acids is 4. The Morgan fingerprint density at radius 3 is 2.52 bits per heavy atom. The van der Waals surface area contributed by atoms with Crippen LogP contribution in [0.5, 0.6) is 11.5 Å². The molecule has 4 aliphatic carbocycles. The highest BCUT2D eigenvalue weighted by molar-refractivity contribution is 7.91. The second-order valence-electron chi connectivity index (χ2n) is 17.4. The molecule has 0 spiro atoms. The molecule has 3 aromatic rings. The molecule has 4 heterocycles. The highest BCUT2D eigenvalue weighted by Crippen LogP contribution is 2.47. The highest BCUT2D eigenvalue weighted by atomic mass is 32.2. The number of methoxy groups -OCH3 is 2. The van der Waals surface area contributed by atoms with Gasteiger partial charge < -0.3 is 29.7 Å². The standard InChI is InChI=1S/C43H52N6O9S2/c1-24-34(56-2)16-15-29-35(20-31(44-36(24)29)38-45-32(23-59-38)25-11-12-25)58-27-19-33-37(50)47-43(41(53)48-60(54,55)28-13-14-28)21-26(43)9-7-5-4-6-8-10-30(39(51)49(33)22-27)46-40(52)42(57-3)17-18-42/h7,9,15-16,20,23,25-28,30,33H,4-6,8,10-14,17-19,21-22H2,1-3H3,(H,46,52)(H,47,50)(H,48,53)/b9-7-/t26-,27-,30+,33+,43-/m1/s1. The van der Waals surface area contributed by atoms with Crippen LogP contribution >= 0.6 is 11.3 Å². The Morgan fingerprint density at radius 1 is 1.00 bits per heavy atom. The van der Waals surface area contributed by atoms with Crippen molar-refractivity contribution >= 4 is 55.9 Å². The van der Waals surface area contributed by atoms with Crippen LogP contribution in [0.2, 0.25) is 0 Å². The number of aromatic nitrogens is 2. The first-order chi connectivity index (χ1) is 28.8. The molecule has 2 aromatic heterocycles. The molecule has 2 aliphatic heterocycles. The van der Waals surface area contributed by atoms with E-state index in [1.807, 2.05) is 37.3 Å². The second kappa shape index (κ2) is 15.7. The summed E-state index contributed by atoms with van der Waals surface area (Å²) in [5.41, 5.74) is 0.685. The van der Waals surface area contributed by atoms with Crippen molar-refractivity contribution in [3.63, 3.8) is 0 Å². The molecule has 0 bridgehead atoms. The van der Waals surface area contributed by atoms with E-state index in [0.29, 0.717) is 73.6 Å². The Labute approximate surface area is 353 Å². The lowest BCUT2D eigenvalue weighted by molar-refractivity contribution is -0.144. The largest absolute Gasteiger partial charge is 0.496 e. The Bertz CT molecular complexity index is 2370. The minimum absolute atomic E-state index is 0.00860. The summed E-state index contributed by atoms with van der Waals surface area (Å²) in [5, 5.41) is 8.83. The number of carbonyl (C=O) groups is 4. The molecule has 6 aliphatic rings. The highest BCUT2D eigenvalue weighted by Gasteiger charge is 2.62. The Morgan fingerprint density at radius 2 is 1.80 bits per heavy atom. The molecule has 4 amide bonds. The van der Waals surface area contributed by atoms with Crippen molar-refractivity contribution in [2.75, 3.05) is 20.8 Å². The molecule has 60 heavy (non-hydrogen) atoms. The number of nitrogens with zero attached hydrogens (tertiary/aromatic N) is 3. The summed E-state index contributed by atoms with van der Waals surface area (Å²) in [6.07, 6.45) is 11.0. The number of benzene rings is 1. The third-order valence-corrected chi connectivity index (χ3v) is 15.8. The fourth-order valence-electron chi connectivity index (χ4n) is 8.73. The van der Waals surface area contributed by atoms with Crippen molar-refractivity contribution in [3.05, 3.63) is 47.0 Å². The molecule has 0 unspecified atom stereocenters. The van der Waals surface area contributed by atoms with E-state index in [0.717, 1.165) is 47.3 Å². The first-order valence-electron chi connectivity index (χ1n) is 21.2. The smallest absolute Gasteiger partial charge is 0.259 e. The number of sulfonamides is 1. The average Bonchev–Trinajstić information content (AvgIpc) is 4.04. The number of hydrogen-bond acceptors (Lipinski definition) is 12. The number of aryl methyl sites for hydroxylation is 1. The van der Waals surface area contributed by atoms with Crippen molar-refractivity contribution in [1.82, 2.24) is 30.2 Å². The lowest BCUT2D eigenvalue weighted by Crippen LogP contribution is -2.58. The number of amides is 4. The van der Waals surface area contributed by atoms with E-state index in [-0.39, 0.29) is 25.3 Å². The van der Waals surface area contributed by atoms with E-state index in [9.17, 15) is 27.6 Å². The van der Waals surface area contributed by atoms with Crippen LogP contribution in [-0.2, 0) is 33.9 Å². The molecule has 15 nitrogen and oxygen atoms in total. The van der Waals surface area contributed by atoms with Crippen LogP contribution in [0.1, 0.15) is 101 Å². The second-order valence-corrected chi connectivity index (χ2v) is 20.2. The Hall–Kier alpha value is -4.61. The van der Waals surface area contributed by atoms with Crippen LogP contribution in [0.3, 0.4) is 0 Å². The molecule has 320 valence electrons. The number of fused-ring (bicyclic) bond motifs is 3. The molecule has 4 saturated carbocycles. The van der Waals surface area contributed by atoms with Gasteiger partial charge in [-0.15, -0.1) is 11.3 Å². The fourth-order valence-corrected chi connectivity index (χ4v) is 11.0. The first-order valence-corrected chi connectivity index (χ1v) is 23.6. The van der Waals surface area contributed by atoms with Gasteiger partial charge in [-0.05, 0) is 83.3 Å². The summed E-state index contributed by atoms with van der Waals surface area (Å²) in [5.74, 6) is -0.980. The lowest BCUT2D eigenvalue weighted by Gasteiger charge is -2.30. The van der Waals surface area contributed by atoms with Crippen LogP contribution in [0, 0.1) is 12.8 Å². The third-order valence-electron chi connectivity index (χ3n) is 13.1. The maximum Gasteiger partial charge on any atom is 0.259 e. The van der Waals surface area contributed by atoms with Crippen molar-refractivity contribution in [3.8, 4) is 22.2 Å². The molecule has 9 rings (SSSR count). The SMILES string of the molecule is COc1ccc2c(O[C@@H]3C[C@H]4C(=O)N[C@]5(C(=O)NS(=O)(=O)C6CC6)C[C@H]5/C=C\CCCCC[C@H](NC(=O)C5(OC)CC5)C(=O)N4C3)cc(-c3nc(C4CC4)cs3)nc2c1C. The molecule has 1 saturated heterocycles. The number of nitrogens with one attached hydrogen (secondary N) is 3. The van der Waals surface area contributed by atoms with Gasteiger partial charge in [0.15, 0.2) is 0 Å². The van der Waals surface area contributed by atoms with E-state index in [1.54, 1.807) is 7.11 Å². The molecule has 1 aromatic carbocycles. The van der Waals surface area contributed by atoms with Crippen molar-refractivity contribution in [2.45, 2.75) is 131 Å². The van der Waals surface area contributed by atoms with Gasteiger partial charge in [-0.2, -0.15) is 0 Å². The quantitative estimate of drug-likeness (QED) is 0.229. The van der Waals surface area contributed by atoms with E-state index in [4.69, 9.17) is 24.2 Å². The monoisotopic (exact) mass is 860 g/mol. The Balaban J connectivity index is 1.06. The molecule has 5 fully saturated rings. The predicted molar refractivity (Wildman–Crippen MR) is 223 cm³/mol. The first kappa shape index (κ1) is 40.8. The van der Waals surface area contributed by atoms with E-state index in [1.165, 1.54) is 23.3 Å². The summed E-state index contributed by atoms with van der Waals surface area (Å²) in [6, 6.07) is 3.54. The maximum absolute atomic E-state index is 14.8. The zero-order chi connectivity index (χ0) is 42.0. The molecular weight excluding hydrogens is 809 g/mol. The van der Waals surface area contributed by atoms with E-state index >= 15 is 0 Å². The van der Waals surface area contributed by atoms with Crippen LogP contribution < -0.4 is 24.8 Å². The van der Waals surface area contributed by atoms with Gasteiger partial charge in [0.25, 0.3) is 11.8 Å². The summed E-state index contributed by atoms with van der Waals surface area (Å²) in [4.78, 5) is 68.3. The lowest BCUT2D eigenvalue weighted by atomic mass is 10.0. The number of rotatable bonds is 11. The zero-order valence-corrected chi connectivity index (χ0v) is 35.8. The average molecular weight is 861 g/mol. The number of ether oxygens (including phenoxy) is 3. The van der Waals surface area contributed by atoms with Crippen molar-refractivity contribution in [2.24, 2.45) is 5.92 Å². The predicted octanol–water partition coefficient (Wildman–Crippen LogP) is 4.57. The molecule has 0 radical (unpaired) electrons. The van der Waals surface area contributed by atoms with Gasteiger partial charge in [-0.1, -0.05) is 25.0 Å². The molecular formula is C43H52N6O9S2. The van der Waals surface area contributed by atoms with Gasteiger partial charge in [-0.25, -0.2) is 18.4 Å². The topological polar surface area (TPSA) is 195 Å². The van der Waals surface area contributed by atoms with Gasteiger partial charge in [0.1, 0.15) is 51.5 Å². The van der Waals surface area contributed by atoms with Crippen molar-refractivity contribution in [1.29, 1.82) is 0 Å². The summed E-state index contributed by atoms with van der Waals surface area (Å²) in [6.45, 7) is 1.94. The number of pyridine rings is 1. The van der Waals surface area contributed by atoms with Crippen LogP contribution in [-0.4, -0.2) is 102 Å². The normalized spacial score (nSPS) is 28.4. The van der Waals surface area contributed by atoms with Gasteiger partial charge in [0, 0.05) is 47.8 Å². The van der Waals surface area contributed by atoms with E-state index < -0.39 is 68.2 Å². The molecule has 3 N–H and O–H groups in total. The maximum atomic E-state index is 14.8. The molecule has 17 heteroatoms. The minimum atomic E-state index is -3.90. The minimum Gasteiger partial charge on any atom is -0.496 e. The van der Waals surface area contributed by atoms with Gasteiger partial charge in [0.05, 0.1) is 30.1 Å². The summed E-state index contributed by atoms with van der Waals surface area (Å²) in [7, 11) is -0.811. The van der Waals surface area contributed by atoms with Gasteiger partial charge >= 0.3 is 0 Å². The fraction of sp³-hybridized carbons (Fsp3) is 0.581. The van der Waals surface area contributed by atoms with Crippen LogP contribution in [0.4, 0.5) is 0 Å². The van der Waals surface area contributed by atoms with Crippen molar-refractivity contribution < 1.29 is 41.8 Å². The summed E-state index contributed by atoms with van der Waals surface area (Å²) < 4.78 is 46.2. The van der Waals surface area contributed by atoms with Gasteiger partial charge in [0.2, 0.25) is 21.8 Å². The number of thiazole rings is 1. The van der Waals surface area contributed by atoms with E-state index in [2.05, 4.69) is 20.7 Å². The Kier molecular flexibility index (Phi) is 10.7. The van der Waals surface area contributed by atoms with Crippen LogP contribution in [0.25, 0.3) is 21.6 Å². The zero-order valence-electron chi connectivity index (χ0n) is 34.2.